The van der Waals surface area contributed by atoms with Gasteiger partial charge in [-0.2, -0.15) is 4.31 Å². The van der Waals surface area contributed by atoms with Crippen LogP contribution in [0.2, 0.25) is 0 Å². The average molecular weight is 398 g/mol. The number of nitrogens with one attached hydrogen (secondary N) is 1. The summed E-state index contributed by atoms with van der Waals surface area (Å²) in [7, 11) is -3.11. The highest BCUT2D eigenvalue weighted by Gasteiger charge is 2.31. The van der Waals surface area contributed by atoms with E-state index in [1.807, 2.05) is 0 Å². The smallest absolute Gasteiger partial charge is 0.249 e. The number of ether oxygens (including phenoxy) is 1. The molecule has 0 aliphatic carbocycles. The Bertz CT molecular complexity index is 899. The number of carbonyl (C=O) groups excluding carboxylic acids is 1. The quantitative estimate of drug-likeness (QED) is 0.742. The minimum absolute atomic E-state index is 0.0740. The number of benzene rings is 2. The molecule has 9 heteroatoms. The van der Waals surface area contributed by atoms with E-state index in [1.165, 1.54) is 7.11 Å². The lowest BCUT2D eigenvalue weighted by molar-refractivity contribution is -0.116. The average Bonchev–Trinajstić information content (AvgIpc) is 2.61. The Morgan fingerprint density at radius 1 is 1.11 bits per heavy atom. The van der Waals surface area contributed by atoms with Gasteiger partial charge in [0, 0.05) is 6.54 Å². The van der Waals surface area contributed by atoms with Gasteiger partial charge >= 0.3 is 0 Å². The number of rotatable bonds is 8. The van der Waals surface area contributed by atoms with Crippen molar-refractivity contribution in [1.29, 1.82) is 0 Å². The third-order valence-corrected chi connectivity index (χ3v) is 5.59. The first kappa shape index (κ1) is 20.8. The number of hydrogen-bond acceptors (Lipinski definition) is 4. The molecule has 0 fully saturated rings. The van der Waals surface area contributed by atoms with E-state index < -0.39 is 39.0 Å². The number of sulfonamides is 1. The summed E-state index contributed by atoms with van der Waals surface area (Å²) in [6.45, 7) is 1.02. The number of halogens is 2. The van der Waals surface area contributed by atoms with Crippen molar-refractivity contribution in [2.24, 2.45) is 0 Å². The molecule has 0 bridgehead atoms. The summed E-state index contributed by atoms with van der Waals surface area (Å²) in [5, 5.41) is 2.55. The highest BCUT2D eigenvalue weighted by atomic mass is 32.2. The largest absolute Gasteiger partial charge is 0.495 e. The van der Waals surface area contributed by atoms with Gasteiger partial charge in [0.1, 0.15) is 17.4 Å². The Morgan fingerprint density at radius 2 is 1.74 bits per heavy atom. The summed E-state index contributed by atoms with van der Waals surface area (Å²) in [6.07, 6.45) is 0.358. The third-order valence-electron chi connectivity index (χ3n) is 3.69. The molecule has 0 atom stereocenters. The molecule has 1 amide bonds. The van der Waals surface area contributed by atoms with E-state index in [4.69, 9.17) is 4.74 Å². The zero-order valence-electron chi connectivity index (χ0n) is 14.9. The van der Waals surface area contributed by atoms with E-state index in [9.17, 15) is 22.0 Å². The number of carbonyl (C=O) groups is 1. The molecule has 0 aromatic heterocycles. The van der Waals surface area contributed by atoms with Crippen molar-refractivity contribution in [3.8, 4) is 5.75 Å². The summed E-state index contributed by atoms with van der Waals surface area (Å²) in [5.74, 6) is -2.67. The molecular formula is C18H20F2N2O4S. The van der Waals surface area contributed by atoms with E-state index >= 15 is 0 Å². The Labute approximate surface area is 156 Å². The van der Waals surface area contributed by atoms with E-state index in [1.54, 1.807) is 31.2 Å². The van der Waals surface area contributed by atoms with Crippen molar-refractivity contribution >= 4 is 21.6 Å². The van der Waals surface area contributed by atoms with Gasteiger partial charge in [-0.05, 0) is 30.7 Å². The van der Waals surface area contributed by atoms with Crippen LogP contribution in [0.4, 0.5) is 14.5 Å². The van der Waals surface area contributed by atoms with Crippen LogP contribution in [0.3, 0.4) is 0 Å². The zero-order chi connectivity index (χ0) is 20.0. The number of anilines is 1. The number of para-hydroxylation sites is 2. The maximum atomic E-state index is 14.0. The molecule has 27 heavy (non-hydrogen) atoms. The van der Waals surface area contributed by atoms with Crippen LogP contribution in [0, 0.1) is 11.6 Å². The van der Waals surface area contributed by atoms with E-state index in [2.05, 4.69) is 5.32 Å². The SMILES string of the molecule is CCCN(CC(=O)Nc1ccccc1OC)S(=O)(=O)c1c(F)cccc1F. The van der Waals surface area contributed by atoms with E-state index in [0.29, 0.717) is 17.9 Å². The second-order valence-electron chi connectivity index (χ2n) is 5.64. The summed E-state index contributed by atoms with van der Waals surface area (Å²) >= 11 is 0. The van der Waals surface area contributed by atoms with Gasteiger partial charge < -0.3 is 10.1 Å². The molecule has 0 spiro atoms. The molecule has 1 N–H and O–H groups in total. The van der Waals surface area contributed by atoms with Crippen LogP contribution >= 0.6 is 0 Å². The lowest BCUT2D eigenvalue weighted by Gasteiger charge is -2.22. The minimum Gasteiger partial charge on any atom is -0.495 e. The molecule has 0 heterocycles. The molecule has 2 aromatic carbocycles. The van der Waals surface area contributed by atoms with Gasteiger partial charge in [0.25, 0.3) is 0 Å². The third kappa shape index (κ3) is 4.81. The number of methoxy groups -OCH3 is 1. The Kier molecular flexibility index (Phi) is 6.86. The van der Waals surface area contributed by atoms with Crippen LogP contribution < -0.4 is 10.1 Å². The van der Waals surface area contributed by atoms with Crippen LogP contribution in [-0.4, -0.2) is 38.8 Å². The van der Waals surface area contributed by atoms with Gasteiger partial charge in [0.05, 0.1) is 19.3 Å². The van der Waals surface area contributed by atoms with Crippen LogP contribution in [0.1, 0.15) is 13.3 Å². The monoisotopic (exact) mass is 398 g/mol. The molecule has 0 unspecified atom stereocenters. The van der Waals surface area contributed by atoms with Gasteiger partial charge in [-0.25, -0.2) is 17.2 Å². The molecule has 146 valence electrons. The van der Waals surface area contributed by atoms with Gasteiger partial charge in [-0.1, -0.05) is 25.1 Å². The fourth-order valence-corrected chi connectivity index (χ4v) is 4.09. The van der Waals surface area contributed by atoms with Crippen molar-refractivity contribution in [2.45, 2.75) is 18.2 Å². The van der Waals surface area contributed by atoms with Crippen LogP contribution in [-0.2, 0) is 14.8 Å². The maximum absolute atomic E-state index is 14.0. The van der Waals surface area contributed by atoms with E-state index in [0.717, 1.165) is 22.5 Å². The zero-order valence-corrected chi connectivity index (χ0v) is 15.7. The van der Waals surface area contributed by atoms with Crippen molar-refractivity contribution in [2.75, 3.05) is 25.5 Å². The Balaban J connectivity index is 2.28. The first-order valence-electron chi connectivity index (χ1n) is 8.18. The Hall–Kier alpha value is -2.52. The minimum atomic E-state index is -4.54. The predicted molar refractivity (Wildman–Crippen MR) is 97.0 cm³/mol. The van der Waals surface area contributed by atoms with Crippen LogP contribution in [0.25, 0.3) is 0 Å². The van der Waals surface area contributed by atoms with Gasteiger partial charge in [-0.15, -0.1) is 0 Å². The van der Waals surface area contributed by atoms with E-state index in [-0.39, 0.29) is 6.54 Å². The lowest BCUT2D eigenvalue weighted by atomic mass is 10.3. The molecular weight excluding hydrogens is 378 g/mol. The van der Waals surface area contributed by atoms with Gasteiger partial charge in [-0.3, -0.25) is 4.79 Å². The second kappa shape index (κ2) is 8.92. The molecule has 6 nitrogen and oxygen atoms in total. The predicted octanol–water partition coefficient (Wildman–Crippen LogP) is 3.01. The molecule has 0 saturated heterocycles. The summed E-state index contributed by atoms with van der Waals surface area (Å²) < 4.78 is 59.2. The molecule has 0 aliphatic heterocycles. The first-order valence-corrected chi connectivity index (χ1v) is 9.62. The Morgan fingerprint density at radius 3 is 2.33 bits per heavy atom. The molecule has 0 aliphatic rings. The summed E-state index contributed by atoms with van der Waals surface area (Å²) in [4.78, 5) is 11.3. The highest BCUT2D eigenvalue weighted by Crippen LogP contribution is 2.25. The second-order valence-corrected chi connectivity index (χ2v) is 7.51. The molecule has 2 rings (SSSR count). The van der Waals surface area contributed by atoms with Gasteiger partial charge in [0.2, 0.25) is 15.9 Å². The molecule has 0 saturated carbocycles. The number of hydrogen-bond donors (Lipinski definition) is 1. The van der Waals surface area contributed by atoms with Crippen LogP contribution in [0.5, 0.6) is 5.75 Å². The number of amides is 1. The lowest BCUT2D eigenvalue weighted by Crippen LogP contribution is -2.39. The van der Waals surface area contributed by atoms with Crippen molar-refractivity contribution < 1.29 is 26.7 Å². The van der Waals surface area contributed by atoms with Crippen LogP contribution in [0.15, 0.2) is 47.4 Å². The fraction of sp³-hybridized carbons (Fsp3) is 0.278. The molecule has 2 aromatic rings. The summed E-state index contributed by atoms with van der Waals surface area (Å²) in [6, 6.07) is 9.39. The van der Waals surface area contributed by atoms with Gasteiger partial charge in [0.15, 0.2) is 4.90 Å². The number of nitrogens with zero attached hydrogens (tertiary/aromatic N) is 1. The fourth-order valence-electron chi connectivity index (χ4n) is 2.49. The standard InChI is InChI=1S/C18H20F2N2O4S/c1-3-11-22(27(24,25)18-13(19)7-6-8-14(18)20)12-17(23)21-15-9-4-5-10-16(15)26-2/h4-10H,3,11-12H2,1-2H3,(H,21,23). The highest BCUT2D eigenvalue weighted by molar-refractivity contribution is 7.89. The topological polar surface area (TPSA) is 75.7 Å². The normalized spacial score (nSPS) is 11.4. The van der Waals surface area contributed by atoms with Crippen molar-refractivity contribution in [3.05, 3.63) is 54.1 Å². The first-order chi connectivity index (χ1) is 12.8. The van der Waals surface area contributed by atoms with Crippen molar-refractivity contribution in [3.63, 3.8) is 0 Å². The molecule has 0 radical (unpaired) electrons. The summed E-state index contributed by atoms with van der Waals surface area (Å²) in [5.41, 5.74) is 0.357. The van der Waals surface area contributed by atoms with Crippen molar-refractivity contribution in [1.82, 2.24) is 4.31 Å². The maximum Gasteiger partial charge on any atom is 0.249 e.